The van der Waals surface area contributed by atoms with E-state index in [2.05, 4.69) is 76.3 Å². The number of carbonyl (C=O) groups excluding carboxylic acids is 4. The molecule has 0 saturated heterocycles. The topological polar surface area (TPSA) is 220 Å². The molecule has 14 nitrogen and oxygen atoms in total. The second-order valence-electron chi connectivity index (χ2n) is 28.6. The molecule has 105 heavy (non-hydrogen) atoms. The first-order valence-corrected chi connectivity index (χ1v) is 44.9. The molecule has 0 atom stereocenters. The Kier molecular flexibility index (Phi) is 70.6. The normalized spacial score (nSPS) is 11.8. The van der Waals surface area contributed by atoms with E-state index in [0.29, 0.717) is 25.7 Å². The number of rotatable bonds is 70. The van der Waals surface area contributed by atoms with Gasteiger partial charge in [-0.15, -0.1) is 0 Å². The predicted molar refractivity (Wildman–Crippen MR) is 434 cm³/mol. The van der Waals surface area contributed by atoms with Crippen molar-refractivity contribution >= 4 is 81.9 Å². The van der Waals surface area contributed by atoms with Crippen molar-refractivity contribution in [2.24, 2.45) is 0 Å². The number of carbonyl (C=O) groups is 4. The summed E-state index contributed by atoms with van der Waals surface area (Å²) in [5.41, 5.74) is -0.691. The van der Waals surface area contributed by atoms with Gasteiger partial charge in [-0.3, -0.25) is 0 Å². The zero-order chi connectivity index (χ0) is 75.9. The molecule has 0 aliphatic heterocycles. The third kappa shape index (κ3) is 60.8. The second-order valence-corrected chi connectivity index (χ2v) is 31.4. The quantitative estimate of drug-likeness (QED) is 0.0150. The van der Waals surface area contributed by atoms with Crippen molar-refractivity contribution in [3.05, 3.63) is 107 Å². The van der Waals surface area contributed by atoms with Crippen LogP contribution in [-0.4, -0.2) is 114 Å². The van der Waals surface area contributed by atoms with Crippen molar-refractivity contribution in [3.63, 3.8) is 0 Å². The maximum absolute atomic E-state index is 12.9. The van der Waals surface area contributed by atoms with Gasteiger partial charge in [0.1, 0.15) is 20.2 Å². The molecule has 2 rings (SSSR count). The second kappa shape index (κ2) is 73.2. The van der Waals surface area contributed by atoms with E-state index in [1.165, 1.54) is 257 Å². The largest absolute Gasteiger partial charge is 2.00 e. The Morgan fingerprint density at radius 3 is 0.600 bits per heavy atom. The average Bonchev–Trinajstić information content (AvgIpc) is 0.816. The van der Waals surface area contributed by atoms with Crippen LogP contribution in [0.15, 0.2) is 94.8 Å². The van der Waals surface area contributed by atoms with Crippen LogP contribution in [0.5, 0.6) is 0 Å². The molecule has 0 unspecified atom stereocenters. The van der Waals surface area contributed by atoms with Gasteiger partial charge in [0.05, 0.1) is 58.5 Å². The first kappa shape index (κ1) is 101. The Balaban J connectivity index is 0.00000204. The molecule has 2 aromatic carbocycles. The standard InChI is InChI=1S/2C44H74O7S.Ca/c2*1-3-5-7-9-11-13-15-17-19-21-23-25-27-29-31-33-37-50-43(45)41-36-35-40(52(47,48)49)39-42(41)44(46)51-38-34-32-30-28-26-24-22-20-18-16-14-12-10-8-6-4-2;/h2*13-16,35-36,39H,3-12,17-34,37-38H2,1-2H3,(H,47,48,49);/q;;+2/p-2/b2*15-13+,16-14+;. The van der Waals surface area contributed by atoms with Crippen LogP contribution < -0.4 is 0 Å². The summed E-state index contributed by atoms with van der Waals surface area (Å²) in [5, 5.41) is 0. The van der Waals surface area contributed by atoms with Gasteiger partial charge in [-0.25, -0.2) is 36.0 Å². The summed E-state index contributed by atoms with van der Waals surface area (Å²) in [6.45, 7) is 9.68. The Hall–Kier alpha value is -3.64. The molecular weight excluding hydrogens is 1390 g/mol. The predicted octanol–water partition coefficient (Wildman–Crippen LogP) is 25.6. The molecule has 0 spiro atoms. The first-order chi connectivity index (χ1) is 50.6. The molecule has 0 bridgehead atoms. The summed E-state index contributed by atoms with van der Waals surface area (Å²) in [6.07, 6.45) is 84.2. The molecule has 0 amide bonds. The molecule has 17 heteroatoms. The molecule has 0 fully saturated rings. The van der Waals surface area contributed by atoms with Crippen molar-refractivity contribution in [2.45, 2.75) is 397 Å². The minimum Gasteiger partial charge on any atom is -0.744 e. The van der Waals surface area contributed by atoms with E-state index in [9.17, 15) is 45.1 Å². The maximum Gasteiger partial charge on any atom is 2.00 e. The Bertz CT molecular complexity index is 2610. The van der Waals surface area contributed by atoms with E-state index in [4.69, 9.17) is 18.9 Å². The van der Waals surface area contributed by atoms with E-state index in [1.54, 1.807) is 0 Å². The zero-order valence-electron chi connectivity index (χ0n) is 66.7. The smallest absolute Gasteiger partial charge is 0.744 e. The number of esters is 4. The number of hydrogen-bond donors (Lipinski definition) is 0. The summed E-state index contributed by atoms with van der Waals surface area (Å²) in [4.78, 5) is 50.4. The van der Waals surface area contributed by atoms with E-state index >= 15 is 0 Å². The molecular formula is C88H146CaO14S2. The van der Waals surface area contributed by atoms with E-state index in [1.807, 2.05) is 0 Å². The van der Waals surface area contributed by atoms with Gasteiger partial charge < -0.3 is 28.1 Å². The van der Waals surface area contributed by atoms with Gasteiger partial charge in [0.25, 0.3) is 0 Å². The van der Waals surface area contributed by atoms with Crippen molar-refractivity contribution < 1.29 is 64.1 Å². The molecule has 0 aromatic heterocycles. The van der Waals surface area contributed by atoms with Gasteiger partial charge in [0.2, 0.25) is 0 Å². The molecule has 0 saturated carbocycles. The first-order valence-electron chi connectivity index (χ1n) is 42.1. The summed E-state index contributed by atoms with van der Waals surface area (Å²) < 4.78 is 91.4. The molecule has 0 N–H and O–H groups in total. The van der Waals surface area contributed by atoms with Gasteiger partial charge in [-0.2, -0.15) is 0 Å². The van der Waals surface area contributed by atoms with Crippen molar-refractivity contribution in [1.82, 2.24) is 0 Å². The fourth-order valence-electron chi connectivity index (χ4n) is 12.4. The van der Waals surface area contributed by atoms with Gasteiger partial charge in [-0.05, 0) is 165 Å². The van der Waals surface area contributed by atoms with Crippen LogP contribution in [0.25, 0.3) is 0 Å². The maximum atomic E-state index is 12.9. The number of benzene rings is 2. The van der Waals surface area contributed by atoms with Crippen LogP contribution in [0.3, 0.4) is 0 Å². The van der Waals surface area contributed by atoms with Gasteiger partial charge >= 0.3 is 61.6 Å². The Labute approximate surface area is 671 Å². The van der Waals surface area contributed by atoms with E-state index < -0.39 is 53.9 Å². The Morgan fingerprint density at radius 2 is 0.419 bits per heavy atom. The summed E-state index contributed by atoms with van der Waals surface area (Å²) in [6, 6.07) is 6.25. The summed E-state index contributed by atoms with van der Waals surface area (Å²) >= 11 is 0. The van der Waals surface area contributed by atoms with Crippen LogP contribution in [0.1, 0.15) is 429 Å². The van der Waals surface area contributed by atoms with E-state index in [0.717, 1.165) is 113 Å². The third-order valence-electron chi connectivity index (χ3n) is 19.0. The number of ether oxygens (including phenoxy) is 4. The molecule has 2 aromatic rings. The zero-order valence-corrected chi connectivity index (χ0v) is 70.6. The summed E-state index contributed by atoms with van der Waals surface area (Å²) in [5.74, 6) is -3.11. The molecule has 0 heterocycles. The molecule has 596 valence electrons. The average molecular weight is 1530 g/mol. The fourth-order valence-corrected chi connectivity index (χ4v) is 13.4. The fraction of sp³-hybridized carbons (Fsp3) is 0.727. The van der Waals surface area contributed by atoms with Gasteiger partial charge in [-0.1, -0.05) is 307 Å². The minimum atomic E-state index is -4.82. The van der Waals surface area contributed by atoms with Crippen LogP contribution in [0, 0.1) is 0 Å². The number of allylic oxidation sites excluding steroid dienone is 8. The molecule has 0 aliphatic rings. The summed E-state index contributed by atoms with van der Waals surface area (Å²) in [7, 11) is -9.63. The SMILES string of the molecule is CCCCCC/C=C/CCCCCCCCCCOC(=O)c1ccc(S(=O)(=O)[O-])cc1C(=O)OCCCCCCCCCC/C=C/CCCCCC.CCCCCC/C=C/CCCCCCCCCCOC(=O)c1ccc(S(=O)(=O)[O-])cc1C(=O)OCCCCCCCCCC/C=C/CCCCCC.[Ca+2]. The monoisotopic (exact) mass is 1530 g/mol. The van der Waals surface area contributed by atoms with Crippen LogP contribution in [-0.2, 0) is 39.2 Å². The number of unbranched alkanes of at least 4 members (excludes halogenated alkanes) is 48. The molecule has 0 radical (unpaired) electrons. The van der Waals surface area contributed by atoms with Crippen molar-refractivity contribution in [3.8, 4) is 0 Å². The Morgan fingerprint density at radius 1 is 0.257 bits per heavy atom. The van der Waals surface area contributed by atoms with Gasteiger partial charge in [0.15, 0.2) is 0 Å². The minimum absolute atomic E-state index is 0. The van der Waals surface area contributed by atoms with E-state index in [-0.39, 0.29) is 86.4 Å². The number of hydrogen-bond acceptors (Lipinski definition) is 14. The molecule has 0 aliphatic carbocycles. The van der Waals surface area contributed by atoms with Crippen molar-refractivity contribution in [1.29, 1.82) is 0 Å². The third-order valence-corrected chi connectivity index (χ3v) is 20.7. The van der Waals surface area contributed by atoms with Crippen LogP contribution in [0.4, 0.5) is 0 Å². The van der Waals surface area contributed by atoms with Gasteiger partial charge in [0, 0.05) is 0 Å². The van der Waals surface area contributed by atoms with Crippen molar-refractivity contribution in [2.75, 3.05) is 26.4 Å². The van der Waals surface area contributed by atoms with Crippen LogP contribution >= 0.6 is 0 Å². The van der Waals surface area contributed by atoms with Crippen LogP contribution in [0.2, 0.25) is 0 Å².